The molecule has 1 unspecified atom stereocenters. The van der Waals surface area contributed by atoms with Crippen molar-refractivity contribution in [2.45, 2.75) is 19.6 Å². The summed E-state index contributed by atoms with van der Waals surface area (Å²) in [6, 6.07) is 7.98. The molecule has 0 amide bonds. The molecule has 0 aliphatic rings. The number of methoxy groups -OCH3 is 1. The van der Waals surface area contributed by atoms with Crippen molar-refractivity contribution in [3.05, 3.63) is 29.8 Å². The van der Waals surface area contributed by atoms with E-state index < -0.39 is 0 Å². The molecule has 0 saturated carbocycles. The molecule has 0 aliphatic carbocycles. The van der Waals surface area contributed by atoms with Crippen LogP contribution in [0.1, 0.15) is 12.5 Å². The molecule has 3 heteroatoms. The number of likely N-dealkylation sites (N-methyl/N-ethyl adjacent to an activating group) is 1. The van der Waals surface area contributed by atoms with Crippen molar-refractivity contribution in [1.82, 2.24) is 5.32 Å². The number of benzene rings is 1. The van der Waals surface area contributed by atoms with Crippen molar-refractivity contribution in [3.8, 4) is 5.75 Å². The normalized spacial score (nSPS) is 12.5. The van der Waals surface area contributed by atoms with Gasteiger partial charge >= 0.3 is 0 Å². The highest BCUT2D eigenvalue weighted by Crippen LogP contribution is 2.15. The van der Waals surface area contributed by atoms with Gasteiger partial charge in [0.2, 0.25) is 0 Å². The Labute approximate surface area is 91.4 Å². The molecule has 1 rings (SSSR count). The van der Waals surface area contributed by atoms with Crippen LogP contribution in [-0.2, 0) is 11.3 Å². The van der Waals surface area contributed by atoms with E-state index in [1.54, 1.807) is 7.11 Å². The van der Waals surface area contributed by atoms with Crippen LogP contribution in [0.4, 0.5) is 0 Å². The van der Waals surface area contributed by atoms with Crippen LogP contribution in [0.25, 0.3) is 0 Å². The minimum Gasteiger partial charge on any atom is -0.489 e. The van der Waals surface area contributed by atoms with E-state index in [2.05, 4.69) is 5.32 Å². The Morgan fingerprint density at radius 1 is 1.40 bits per heavy atom. The van der Waals surface area contributed by atoms with Crippen LogP contribution in [0.5, 0.6) is 5.75 Å². The Kier molecular flexibility index (Phi) is 5.15. The largest absolute Gasteiger partial charge is 0.489 e. The smallest absolute Gasteiger partial charge is 0.120 e. The molecule has 84 valence electrons. The molecule has 0 spiro atoms. The summed E-state index contributed by atoms with van der Waals surface area (Å²) in [5, 5.41) is 3.08. The first-order valence-electron chi connectivity index (χ1n) is 5.15. The first kappa shape index (κ1) is 12.0. The zero-order chi connectivity index (χ0) is 11.1. The average molecular weight is 209 g/mol. The van der Waals surface area contributed by atoms with Crippen LogP contribution in [-0.4, -0.2) is 26.8 Å². The number of ether oxygens (including phenoxy) is 2. The summed E-state index contributed by atoms with van der Waals surface area (Å²) >= 11 is 0. The predicted molar refractivity (Wildman–Crippen MR) is 61.2 cm³/mol. The summed E-state index contributed by atoms with van der Waals surface area (Å²) in [7, 11) is 3.61. The minimum atomic E-state index is 0.174. The SMILES string of the molecule is CNCC(C)Oc1cccc(COC)c1. The lowest BCUT2D eigenvalue weighted by Gasteiger charge is -2.14. The number of hydrogen-bond acceptors (Lipinski definition) is 3. The first-order valence-corrected chi connectivity index (χ1v) is 5.15. The standard InChI is InChI=1S/C12H19NO2/c1-10(8-13-2)15-12-6-4-5-11(7-12)9-14-3/h4-7,10,13H,8-9H2,1-3H3. The lowest BCUT2D eigenvalue weighted by Crippen LogP contribution is -2.26. The third-order valence-corrected chi connectivity index (χ3v) is 2.04. The molecule has 0 aromatic heterocycles. The maximum Gasteiger partial charge on any atom is 0.120 e. The molecule has 0 bridgehead atoms. The quantitative estimate of drug-likeness (QED) is 0.775. The highest BCUT2D eigenvalue weighted by Gasteiger charge is 2.02. The molecular weight excluding hydrogens is 190 g/mol. The van der Waals surface area contributed by atoms with Crippen LogP contribution < -0.4 is 10.1 Å². The number of nitrogens with one attached hydrogen (secondary N) is 1. The van der Waals surface area contributed by atoms with E-state index in [9.17, 15) is 0 Å². The second kappa shape index (κ2) is 6.43. The van der Waals surface area contributed by atoms with Crippen LogP contribution in [0.2, 0.25) is 0 Å². The fourth-order valence-electron chi connectivity index (χ4n) is 1.44. The molecule has 1 aromatic carbocycles. The summed E-state index contributed by atoms with van der Waals surface area (Å²) in [5.74, 6) is 0.896. The topological polar surface area (TPSA) is 30.5 Å². The van der Waals surface area contributed by atoms with Crippen molar-refractivity contribution in [2.24, 2.45) is 0 Å². The van der Waals surface area contributed by atoms with Crippen molar-refractivity contribution in [1.29, 1.82) is 0 Å². The van der Waals surface area contributed by atoms with Gasteiger partial charge in [0.15, 0.2) is 0 Å². The van der Waals surface area contributed by atoms with E-state index in [0.717, 1.165) is 17.9 Å². The van der Waals surface area contributed by atoms with Gasteiger partial charge in [0, 0.05) is 13.7 Å². The van der Waals surface area contributed by atoms with Crippen LogP contribution in [0, 0.1) is 0 Å². The second-order valence-electron chi connectivity index (χ2n) is 3.57. The van der Waals surface area contributed by atoms with Gasteiger partial charge in [-0.3, -0.25) is 0 Å². The fraction of sp³-hybridized carbons (Fsp3) is 0.500. The highest BCUT2D eigenvalue weighted by atomic mass is 16.5. The van der Waals surface area contributed by atoms with E-state index in [-0.39, 0.29) is 6.10 Å². The van der Waals surface area contributed by atoms with E-state index in [0.29, 0.717) is 6.61 Å². The van der Waals surface area contributed by atoms with Crippen molar-refractivity contribution >= 4 is 0 Å². The van der Waals surface area contributed by atoms with Crippen molar-refractivity contribution in [3.63, 3.8) is 0 Å². The first-order chi connectivity index (χ1) is 7.26. The fourth-order valence-corrected chi connectivity index (χ4v) is 1.44. The summed E-state index contributed by atoms with van der Waals surface area (Å²) < 4.78 is 10.8. The number of hydrogen-bond donors (Lipinski definition) is 1. The maximum atomic E-state index is 5.72. The molecule has 0 fully saturated rings. The summed E-state index contributed by atoms with van der Waals surface area (Å²) in [6.07, 6.45) is 0.174. The molecule has 3 nitrogen and oxygen atoms in total. The Morgan fingerprint density at radius 3 is 2.87 bits per heavy atom. The monoisotopic (exact) mass is 209 g/mol. The van der Waals surface area contributed by atoms with E-state index in [4.69, 9.17) is 9.47 Å². The summed E-state index contributed by atoms with van der Waals surface area (Å²) in [5.41, 5.74) is 1.13. The lowest BCUT2D eigenvalue weighted by molar-refractivity contribution is 0.183. The molecule has 1 aromatic rings. The van der Waals surface area contributed by atoms with Gasteiger partial charge in [0.25, 0.3) is 0 Å². The van der Waals surface area contributed by atoms with E-state index in [1.165, 1.54) is 0 Å². The molecular formula is C12H19NO2. The van der Waals surface area contributed by atoms with Gasteiger partial charge in [0.05, 0.1) is 6.61 Å². The Balaban J connectivity index is 2.56. The maximum absolute atomic E-state index is 5.72. The second-order valence-corrected chi connectivity index (χ2v) is 3.57. The lowest BCUT2D eigenvalue weighted by atomic mass is 10.2. The predicted octanol–water partition coefficient (Wildman–Crippen LogP) is 1.82. The van der Waals surface area contributed by atoms with Gasteiger partial charge in [-0.2, -0.15) is 0 Å². The van der Waals surface area contributed by atoms with Crippen molar-refractivity contribution < 1.29 is 9.47 Å². The Morgan fingerprint density at radius 2 is 2.20 bits per heavy atom. The van der Waals surface area contributed by atoms with Gasteiger partial charge in [-0.25, -0.2) is 0 Å². The van der Waals surface area contributed by atoms with Crippen LogP contribution >= 0.6 is 0 Å². The molecule has 0 aliphatic heterocycles. The molecule has 0 radical (unpaired) electrons. The van der Waals surface area contributed by atoms with E-state index in [1.807, 2.05) is 38.2 Å². The van der Waals surface area contributed by atoms with Gasteiger partial charge < -0.3 is 14.8 Å². The Bertz CT molecular complexity index is 289. The van der Waals surface area contributed by atoms with Crippen LogP contribution in [0.3, 0.4) is 0 Å². The molecule has 1 N–H and O–H groups in total. The van der Waals surface area contributed by atoms with Gasteiger partial charge in [-0.05, 0) is 31.7 Å². The van der Waals surface area contributed by atoms with Gasteiger partial charge in [-0.15, -0.1) is 0 Å². The Hall–Kier alpha value is -1.06. The van der Waals surface area contributed by atoms with Crippen molar-refractivity contribution in [2.75, 3.05) is 20.7 Å². The molecule has 0 saturated heterocycles. The molecule has 1 atom stereocenters. The number of rotatable bonds is 6. The van der Waals surface area contributed by atoms with Gasteiger partial charge in [-0.1, -0.05) is 12.1 Å². The third-order valence-electron chi connectivity index (χ3n) is 2.04. The third kappa shape index (κ3) is 4.32. The van der Waals surface area contributed by atoms with Gasteiger partial charge in [0.1, 0.15) is 11.9 Å². The zero-order valence-electron chi connectivity index (χ0n) is 9.62. The summed E-state index contributed by atoms with van der Waals surface area (Å²) in [6.45, 7) is 3.51. The average Bonchev–Trinajstić information content (AvgIpc) is 2.19. The van der Waals surface area contributed by atoms with Crippen LogP contribution in [0.15, 0.2) is 24.3 Å². The molecule has 0 heterocycles. The zero-order valence-corrected chi connectivity index (χ0v) is 9.62. The highest BCUT2D eigenvalue weighted by molar-refractivity contribution is 5.28. The van der Waals surface area contributed by atoms with E-state index >= 15 is 0 Å². The minimum absolute atomic E-state index is 0.174. The molecule has 15 heavy (non-hydrogen) atoms. The summed E-state index contributed by atoms with van der Waals surface area (Å²) in [4.78, 5) is 0.